The number of likely N-dealkylation sites (N-methyl/N-ethyl adjacent to an activating group) is 1. The number of methoxy groups -OCH3 is 1. The van der Waals surface area contributed by atoms with Crippen LogP contribution in [0.2, 0.25) is 0 Å². The first-order valence-electron chi connectivity index (χ1n) is 7.60. The molecule has 0 saturated heterocycles. The van der Waals surface area contributed by atoms with E-state index in [1.54, 1.807) is 7.11 Å². The van der Waals surface area contributed by atoms with Crippen LogP contribution in [0.4, 0.5) is 0 Å². The number of nitrogens with two attached hydrogens (primary N) is 1. The molecule has 1 rings (SSSR count). The molecule has 0 aliphatic heterocycles. The highest BCUT2D eigenvalue weighted by molar-refractivity contribution is 5.02. The smallest absolute Gasteiger partial charge is 0.0465 e. The van der Waals surface area contributed by atoms with Crippen LogP contribution >= 0.6 is 0 Å². The van der Waals surface area contributed by atoms with Crippen LogP contribution in [0.25, 0.3) is 0 Å². The summed E-state index contributed by atoms with van der Waals surface area (Å²) in [5, 5.41) is 0. The van der Waals surface area contributed by atoms with Gasteiger partial charge in [0.05, 0.1) is 0 Å². The molecule has 0 heterocycles. The van der Waals surface area contributed by atoms with Crippen LogP contribution in [0.1, 0.15) is 46.0 Å². The molecule has 0 bridgehead atoms. The molecule has 0 radical (unpaired) electrons. The zero-order valence-electron chi connectivity index (χ0n) is 13.4. The zero-order chi connectivity index (χ0) is 14.5. The third-order valence-electron chi connectivity index (χ3n) is 5.14. The van der Waals surface area contributed by atoms with E-state index in [0.29, 0.717) is 12.0 Å². The molecule has 1 fully saturated rings. The van der Waals surface area contributed by atoms with Crippen molar-refractivity contribution in [1.29, 1.82) is 0 Å². The quantitative estimate of drug-likeness (QED) is 0.549. The van der Waals surface area contributed by atoms with Crippen LogP contribution < -0.4 is 11.3 Å². The Balaban J connectivity index is 2.82. The Morgan fingerprint density at radius 1 is 1.37 bits per heavy atom. The summed E-state index contributed by atoms with van der Waals surface area (Å²) in [6.45, 7) is 5.45. The van der Waals surface area contributed by atoms with E-state index in [1.807, 2.05) is 0 Å². The Morgan fingerprint density at radius 2 is 1.95 bits per heavy atom. The van der Waals surface area contributed by atoms with Gasteiger partial charge in [0, 0.05) is 25.3 Å². The Morgan fingerprint density at radius 3 is 2.37 bits per heavy atom. The number of nitrogens with zero attached hydrogens (tertiary/aromatic N) is 1. The minimum absolute atomic E-state index is 0.189. The fourth-order valence-corrected chi connectivity index (χ4v) is 3.62. The Bertz CT molecular complexity index is 250. The van der Waals surface area contributed by atoms with Gasteiger partial charge in [-0.2, -0.15) is 0 Å². The van der Waals surface area contributed by atoms with Crippen LogP contribution in [0, 0.1) is 11.8 Å². The number of hydrogen-bond donors (Lipinski definition) is 2. The van der Waals surface area contributed by atoms with Gasteiger partial charge in [-0.1, -0.05) is 13.8 Å². The molecule has 2 unspecified atom stereocenters. The predicted molar refractivity (Wildman–Crippen MR) is 80.8 cm³/mol. The molecular formula is C15H33N3O. The minimum atomic E-state index is 0.189. The fourth-order valence-electron chi connectivity index (χ4n) is 3.62. The van der Waals surface area contributed by atoms with Crippen molar-refractivity contribution in [2.45, 2.75) is 57.5 Å². The van der Waals surface area contributed by atoms with E-state index in [4.69, 9.17) is 10.6 Å². The summed E-state index contributed by atoms with van der Waals surface area (Å²) in [6.07, 6.45) is 6.11. The van der Waals surface area contributed by atoms with Gasteiger partial charge in [0.25, 0.3) is 0 Å². The van der Waals surface area contributed by atoms with Crippen LogP contribution in [0.5, 0.6) is 0 Å². The molecule has 0 aromatic heterocycles. The molecule has 114 valence electrons. The van der Waals surface area contributed by atoms with Crippen LogP contribution in [-0.2, 0) is 4.74 Å². The fraction of sp³-hybridized carbons (Fsp3) is 1.00. The third-order valence-corrected chi connectivity index (χ3v) is 5.14. The van der Waals surface area contributed by atoms with Crippen molar-refractivity contribution in [2.24, 2.45) is 17.7 Å². The van der Waals surface area contributed by atoms with Crippen molar-refractivity contribution in [1.82, 2.24) is 10.3 Å². The van der Waals surface area contributed by atoms with E-state index >= 15 is 0 Å². The number of hydrazine groups is 1. The number of hydrogen-bond acceptors (Lipinski definition) is 4. The maximum Gasteiger partial charge on any atom is 0.0465 e. The Kier molecular flexibility index (Phi) is 6.74. The average Bonchev–Trinajstić information content (AvgIpc) is 2.39. The van der Waals surface area contributed by atoms with Crippen LogP contribution in [-0.4, -0.2) is 44.3 Å². The van der Waals surface area contributed by atoms with E-state index in [-0.39, 0.29) is 5.54 Å². The first-order chi connectivity index (χ1) is 8.97. The molecule has 4 heteroatoms. The van der Waals surface area contributed by atoms with Gasteiger partial charge in [-0.3, -0.25) is 11.3 Å². The van der Waals surface area contributed by atoms with Gasteiger partial charge in [0.15, 0.2) is 0 Å². The first kappa shape index (κ1) is 16.9. The summed E-state index contributed by atoms with van der Waals surface area (Å²) in [4.78, 5) is 2.40. The van der Waals surface area contributed by atoms with E-state index in [0.717, 1.165) is 18.9 Å². The molecule has 4 nitrogen and oxygen atoms in total. The van der Waals surface area contributed by atoms with Gasteiger partial charge in [0.1, 0.15) is 0 Å². The highest BCUT2D eigenvalue weighted by atomic mass is 16.5. The van der Waals surface area contributed by atoms with Gasteiger partial charge < -0.3 is 9.64 Å². The second-order valence-electron chi connectivity index (χ2n) is 6.58. The largest absolute Gasteiger partial charge is 0.385 e. The highest BCUT2D eigenvalue weighted by Crippen LogP contribution is 2.40. The van der Waals surface area contributed by atoms with Crippen molar-refractivity contribution < 1.29 is 4.74 Å². The molecule has 0 aromatic rings. The summed E-state index contributed by atoms with van der Waals surface area (Å²) in [5.74, 6) is 7.28. The summed E-state index contributed by atoms with van der Waals surface area (Å²) >= 11 is 0. The molecule has 3 N–H and O–H groups in total. The van der Waals surface area contributed by atoms with Crippen molar-refractivity contribution in [3.63, 3.8) is 0 Å². The molecule has 0 aromatic carbocycles. The van der Waals surface area contributed by atoms with Crippen molar-refractivity contribution in [3.8, 4) is 0 Å². The Labute approximate surface area is 119 Å². The average molecular weight is 271 g/mol. The second-order valence-corrected chi connectivity index (χ2v) is 6.58. The van der Waals surface area contributed by atoms with E-state index in [1.165, 1.54) is 25.7 Å². The van der Waals surface area contributed by atoms with Crippen LogP contribution in [0.15, 0.2) is 0 Å². The first-order valence-corrected chi connectivity index (χ1v) is 7.60. The summed E-state index contributed by atoms with van der Waals surface area (Å²) in [6, 6.07) is 0.324. The highest BCUT2D eigenvalue weighted by Gasteiger charge is 2.44. The van der Waals surface area contributed by atoms with E-state index < -0.39 is 0 Å². The molecule has 0 amide bonds. The summed E-state index contributed by atoms with van der Waals surface area (Å²) < 4.78 is 5.22. The molecule has 1 saturated carbocycles. The number of nitrogens with one attached hydrogen (secondary N) is 1. The van der Waals surface area contributed by atoms with Crippen LogP contribution in [0.3, 0.4) is 0 Å². The van der Waals surface area contributed by atoms with Gasteiger partial charge in [-0.25, -0.2) is 0 Å². The van der Waals surface area contributed by atoms with Crippen molar-refractivity contribution in [2.75, 3.05) is 27.8 Å². The minimum Gasteiger partial charge on any atom is -0.385 e. The lowest BCUT2D eigenvalue weighted by Crippen LogP contribution is -2.64. The van der Waals surface area contributed by atoms with Crippen molar-refractivity contribution >= 4 is 0 Å². The molecule has 0 spiro atoms. The predicted octanol–water partition coefficient (Wildman–Crippen LogP) is 2.00. The zero-order valence-corrected chi connectivity index (χ0v) is 13.4. The third kappa shape index (κ3) is 3.91. The lowest BCUT2D eigenvalue weighted by atomic mass is 9.69. The Hall–Kier alpha value is -0.160. The molecule has 1 aliphatic carbocycles. The molecule has 2 atom stereocenters. The molecular weight excluding hydrogens is 238 g/mol. The lowest BCUT2D eigenvalue weighted by molar-refractivity contribution is 0.0179. The van der Waals surface area contributed by atoms with Gasteiger partial charge in [-0.15, -0.1) is 0 Å². The van der Waals surface area contributed by atoms with Crippen molar-refractivity contribution in [3.05, 3.63) is 0 Å². The van der Waals surface area contributed by atoms with E-state index in [9.17, 15) is 0 Å². The topological polar surface area (TPSA) is 50.5 Å². The van der Waals surface area contributed by atoms with Gasteiger partial charge >= 0.3 is 0 Å². The molecule has 1 aliphatic rings. The molecule has 19 heavy (non-hydrogen) atoms. The van der Waals surface area contributed by atoms with E-state index in [2.05, 4.69) is 38.3 Å². The van der Waals surface area contributed by atoms with Gasteiger partial charge in [-0.05, 0) is 58.0 Å². The normalized spacial score (nSPS) is 31.4. The second kappa shape index (κ2) is 7.58. The summed E-state index contributed by atoms with van der Waals surface area (Å²) in [5.41, 5.74) is 3.31. The number of ether oxygens (including phenoxy) is 1. The standard InChI is InChI=1S/C15H33N3O/c1-12-6-9-15(10-7-12,18(3)4)14(17-16)13(2)8-11-19-5/h12-14,17H,6-11,16H2,1-5H3. The maximum absolute atomic E-state index is 5.92. The van der Waals surface area contributed by atoms with Gasteiger partial charge in [0.2, 0.25) is 0 Å². The lowest BCUT2D eigenvalue weighted by Gasteiger charge is -2.51. The number of rotatable bonds is 7. The SMILES string of the molecule is COCCC(C)C(NN)C1(N(C)C)CCC(C)CC1. The maximum atomic E-state index is 5.92. The monoisotopic (exact) mass is 271 g/mol. The summed E-state index contributed by atoms with van der Waals surface area (Å²) in [7, 11) is 6.16.